The Kier molecular flexibility index (Phi) is 2.60. The van der Waals surface area contributed by atoms with E-state index < -0.39 is 0 Å². The first-order chi connectivity index (χ1) is 7.84. The molecule has 1 aromatic carbocycles. The molecule has 2 aliphatic rings. The Morgan fingerprint density at radius 1 is 1.38 bits per heavy atom. The van der Waals surface area contributed by atoms with Crippen LogP contribution in [0.25, 0.3) is 0 Å². The normalized spacial score (nSPS) is 28.4. The Morgan fingerprint density at radius 2 is 2.25 bits per heavy atom. The van der Waals surface area contributed by atoms with E-state index in [1.54, 1.807) is 0 Å². The molecule has 0 aromatic heterocycles. The van der Waals surface area contributed by atoms with Gasteiger partial charge in [-0.3, -0.25) is 0 Å². The molecule has 0 saturated carbocycles. The van der Waals surface area contributed by atoms with Crippen molar-refractivity contribution in [2.24, 2.45) is 5.92 Å². The molecular formula is C14H20N2. The second-order valence-corrected chi connectivity index (χ2v) is 5.19. The lowest BCUT2D eigenvalue weighted by Crippen LogP contribution is -2.34. The number of para-hydroxylation sites is 1. The summed E-state index contributed by atoms with van der Waals surface area (Å²) in [6, 6.07) is 9.56. The summed E-state index contributed by atoms with van der Waals surface area (Å²) in [5.41, 5.74) is 3.00. The number of nitrogens with one attached hydrogen (secondary N) is 1. The average Bonchev–Trinajstić information content (AvgIpc) is 2.89. The molecule has 2 unspecified atom stereocenters. The van der Waals surface area contributed by atoms with Gasteiger partial charge in [-0.2, -0.15) is 0 Å². The molecule has 0 spiro atoms. The van der Waals surface area contributed by atoms with Gasteiger partial charge in [-0.1, -0.05) is 18.2 Å². The van der Waals surface area contributed by atoms with Gasteiger partial charge in [-0.05, 0) is 50.4 Å². The van der Waals surface area contributed by atoms with Crippen LogP contribution in [0.2, 0.25) is 0 Å². The van der Waals surface area contributed by atoms with E-state index in [0.29, 0.717) is 6.04 Å². The van der Waals surface area contributed by atoms with Crippen LogP contribution in [0.5, 0.6) is 0 Å². The highest BCUT2D eigenvalue weighted by Crippen LogP contribution is 2.32. The zero-order valence-electron chi connectivity index (χ0n) is 9.95. The smallest absolute Gasteiger partial charge is 0.0402 e. The molecule has 1 N–H and O–H groups in total. The quantitative estimate of drug-likeness (QED) is 0.814. The Bertz CT molecular complexity index is 369. The molecule has 0 radical (unpaired) electrons. The minimum Gasteiger partial charge on any atom is -0.368 e. The van der Waals surface area contributed by atoms with Crippen LogP contribution >= 0.6 is 0 Å². The first-order valence-corrected chi connectivity index (χ1v) is 6.40. The maximum Gasteiger partial charge on any atom is 0.0402 e. The summed E-state index contributed by atoms with van der Waals surface area (Å²) >= 11 is 0. The van der Waals surface area contributed by atoms with Crippen molar-refractivity contribution in [1.82, 2.24) is 5.32 Å². The molecule has 1 saturated heterocycles. The first kappa shape index (κ1) is 10.2. The Labute approximate surface area is 97.6 Å². The number of nitrogens with zero attached hydrogens (tertiary/aromatic N) is 1. The van der Waals surface area contributed by atoms with E-state index in [1.165, 1.54) is 43.7 Å². The fraction of sp³-hybridized carbons (Fsp3) is 0.571. The molecule has 2 heteroatoms. The SMILES string of the molecule is CC1Cc2ccccc2N1CC1CCNC1. The number of anilines is 1. The average molecular weight is 216 g/mol. The van der Waals surface area contributed by atoms with Gasteiger partial charge in [0.05, 0.1) is 0 Å². The van der Waals surface area contributed by atoms with Gasteiger partial charge in [0.2, 0.25) is 0 Å². The van der Waals surface area contributed by atoms with Gasteiger partial charge >= 0.3 is 0 Å². The molecule has 2 nitrogen and oxygen atoms in total. The van der Waals surface area contributed by atoms with E-state index >= 15 is 0 Å². The topological polar surface area (TPSA) is 15.3 Å². The molecule has 1 fully saturated rings. The number of benzene rings is 1. The summed E-state index contributed by atoms with van der Waals surface area (Å²) in [6.07, 6.45) is 2.56. The monoisotopic (exact) mass is 216 g/mol. The van der Waals surface area contributed by atoms with E-state index in [2.05, 4.69) is 41.4 Å². The van der Waals surface area contributed by atoms with Gasteiger partial charge in [0.25, 0.3) is 0 Å². The summed E-state index contributed by atoms with van der Waals surface area (Å²) in [7, 11) is 0. The van der Waals surface area contributed by atoms with Crippen molar-refractivity contribution < 1.29 is 0 Å². The van der Waals surface area contributed by atoms with Crippen molar-refractivity contribution in [3.05, 3.63) is 29.8 Å². The minimum atomic E-state index is 0.679. The van der Waals surface area contributed by atoms with Crippen molar-refractivity contribution in [2.75, 3.05) is 24.5 Å². The second kappa shape index (κ2) is 4.10. The summed E-state index contributed by atoms with van der Waals surface area (Å²) < 4.78 is 0. The molecule has 0 amide bonds. The maximum absolute atomic E-state index is 3.46. The van der Waals surface area contributed by atoms with Gasteiger partial charge in [0, 0.05) is 18.3 Å². The molecule has 0 aliphatic carbocycles. The van der Waals surface area contributed by atoms with E-state index in [4.69, 9.17) is 0 Å². The lowest BCUT2D eigenvalue weighted by atomic mass is 10.1. The Balaban J connectivity index is 1.79. The summed E-state index contributed by atoms with van der Waals surface area (Å²) in [5, 5.41) is 3.46. The molecule has 0 bridgehead atoms. The molecule has 1 aromatic rings. The third-order valence-corrected chi connectivity index (χ3v) is 3.97. The van der Waals surface area contributed by atoms with Crippen molar-refractivity contribution in [1.29, 1.82) is 0 Å². The predicted molar refractivity (Wildman–Crippen MR) is 67.9 cm³/mol. The van der Waals surface area contributed by atoms with Crippen molar-refractivity contribution in [3.8, 4) is 0 Å². The highest BCUT2D eigenvalue weighted by Gasteiger charge is 2.28. The Hall–Kier alpha value is -1.02. The van der Waals surface area contributed by atoms with E-state index in [-0.39, 0.29) is 0 Å². The standard InChI is InChI=1S/C14H20N2/c1-11-8-13-4-2-3-5-14(13)16(11)10-12-6-7-15-9-12/h2-5,11-12,15H,6-10H2,1H3. The molecule has 86 valence electrons. The van der Waals surface area contributed by atoms with E-state index in [0.717, 1.165) is 5.92 Å². The van der Waals surface area contributed by atoms with Crippen molar-refractivity contribution in [3.63, 3.8) is 0 Å². The summed E-state index contributed by atoms with van der Waals surface area (Å²) in [5.74, 6) is 0.841. The van der Waals surface area contributed by atoms with Crippen LogP contribution in [0.15, 0.2) is 24.3 Å². The van der Waals surface area contributed by atoms with Gasteiger partial charge in [-0.25, -0.2) is 0 Å². The van der Waals surface area contributed by atoms with Crippen LogP contribution in [0.4, 0.5) is 5.69 Å². The highest BCUT2D eigenvalue weighted by atomic mass is 15.2. The highest BCUT2D eigenvalue weighted by molar-refractivity contribution is 5.59. The minimum absolute atomic E-state index is 0.679. The third-order valence-electron chi connectivity index (χ3n) is 3.97. The van der Waals surface area contributed by atoms with Gasteiger partial charge in [0.15, 0.2) is 0 Å². The van der Waals surface area contributed by atoms with Crippen LogP contribution < -0.4 is 10.2 Å². The molecule has 2 aliphatic heterocycles. The number of hydrogen-bond acceptors (Lipinski definition) is 2. The first-order valence-electron chi connectivity index (χ1n) is 6.40. The number of rotatable bonds is 2. The fourth-order valence-corrected chi connectivity index (χ4v) is 3.06. The molecular weight excluding hydrogens is 196 g/mol. The Morgan fingerprint density at radius 3 is 3.06 bits per heavy atom. The molecule has 16 heavy (non-hydrogen) atoms. The fourth-order valence-electron chi connectivity index (χ4n) is 3.06. The van der Waals surface area contributed by atoms with Gasteiger partial charge < -0.3 is 10.2 Å². The van der Waals surface area contributed by atoms with Crippen LogP contribution in [0, 0.1) is 5.92 Å². The number of hydrogen-bond donors (Lipinski definition) is 1. The zero-order chi connectivity index (χ0) is 11.0. The van der Waals surface area contributed by atoms with Crippen LogP contribution in [0.1, 0.15) is 18.9 Å². The van der Waals surface area contributed by atoms with Gasteiger partial charge in [0.1, 0.15) is 0 Å². The summed E-state index contributed by atoms with van der Waals surface area (Å²) in [4.78, 5) is 2.60. The van der Waals surface area contributed by atoms with Crippen molar-refractivity contribution in [2.45, 2.75) is 25.8 Å². The lowest BCUT2D eigenvalue weighted by Gasteiger charge is -2.27. The van der Waals surface area contributed by atoms with E-state index in [9.17, 15) is 0 Å². The van der Waals surface area contributed by atoms with E-state index in [1.807, 2.05) is 0 Å². The van der Waals surface area contributed by atoms with Crippen LogP contribution in [-0.2, 0) is 6.42 Å². The number of fused-ring (bicyclic) bond motifs is 1. The molecule has 2 atom stereocenters. The van der Waals surface area contributed by atoms with Gasteiger partial charge in [-0.15, -0.1) is 0 Å². The maximum atomic E-state index is 3.46. The largest absolute Gasteiger partial charge is 0.368 e. The third kappa shape index (κ3) is 1.71. The lowest BCUT2D eigenvalue weighted by molar-refractivity contribution is 0.533. The molecule has 3 rings (SSSR count). The van der Waals surface area contributed by atoms with Crippen LogP contribution in [-0.4, -0.2) is 25.7 Å². The summed E-state index contributed by atoms with van der Waals surface area (Å²) in [6.45, 7) is 5.98. The molecule has 2 heterocycles. The second-order valence-electron chi connectivity index (χ2n) is 5.19. The van der Waals surface area contributed by atoms with Crippen molar-refractivity contribution >= 4 is 5.69 Å². The predicted octanol–water partition coefficient (Wildman–Crippen LogP) is 2.05. The van der Waals surface area contributed by atoms with Crippen LogP contribution in [0.3, 0.4) is 0 Å². The zero-order valence-corrected chi connectivity index (χ0v) is 9.95.